The summed E-state index contributed by atoms with van der Waals surface area (Å²) in [5.41, 5.74) is 2.53. The van der Waals surface area contributed by atoms with E-state index in [9.17, 15) is 4.79 Å². The van der Waals surface area contributed by atoms with Gasteiger partial charge in [-0.2, -0.15) is 0 Å². The van der Waals surface area contributed by atoms with Crippen molar-refractivity contribution in [2.45, 2.75) is 13.5 Å². The highest BCUT2D eigenvalue weighted by Gasteiger charge is 2.02. The number of hydrogen-bond acceptors (Lipinski definition) is 4. The molecule has 19 heavy (non-hydrogen) atoms. The second kappa shape index (κ2) is 6.49. The smallest absolute Gasteiger partial charge is 0.239 e. The van der Waals surface area contributed by atoms with E-state index in [1.807, 2.05) is 37.3 Å². The molecule has 0 aliphatic carbocycles. The molecule has 1 aromatic heterocycles. The normalized spacial score (nSPS) is 9.95. The molecule has 0 saturated heterocycles. The number of carbonyl (C=O) groups excluding carboxylic acids is 1. The summed E-state index contributed by atoms with van der Waals surface area (Å²) in [6.45, 7) is 2.50. The molecule has 2 aromatic rings. The van der Waals surface area contributed by atoms with Crippen LogP contribution < -0.4 is 10.6 Å². The first-order chi connectivity index (χ1) is 9.24. The zero-order valence-corrected chi connectivity index (χ0v) is 10.8. The highest BCUT2D eigenvalue weighted by Crippen LogP contribution is 2.03. The minimum atomic E-state index is -0.0776. The van der Waals surface area contributed by atoms with E-state index in [2.05, 4.69) is 20.6 Å². The zero-order chi connectivity index (χ0) is 13.5. The van der Waals surface area contributed by atoms with Crippen LogP contribution >= 0.6 is 0 Å². The van der Waals surface area contributed by atoms with Crippen LogP contribution in [0.4, 0.5) is 5.69 Å². The van der Waals surface area contributed by atoms with Crippen molar-refractivity contribution in [3.05, 3.63) is 54.1 Å². The SMILES string of the molecule is Cc1cnc(CNC(=O)CNc2ccccc2)cn1. The zero-order valence-electron chi connectivity index (χ0n) is 10.8. The molecule has 2 rings (SSSR count). The van der Waals surface area contributed by atoms with Gasteiger partial charge in [0.05, 0.1) is 30.7 Å². The van der Waals surface area contributed by atoms with Gasteiger partial charge in [0, 0.05) is 11.9 Å². The minimum absolute atomic E-state index is 0.0776. The third-order valence-corrected chi connectivity index (χ3v) is 2.53. The van der Waals surface area contributed by atoms with Crippen LogP contribution in [-0.4, -0.2) is 22.4 Å². The van der Waals surface area contributed by atoms with Crippen molar-refractivity contribution >= 4 is 11.6 Å². The maximum atomic E-state index is 11.6. The summed E-state index contributed by atoms with van der Waals surface area (Å²) >= 11 is 0. The quantitative estimate of drug-likeness (QED) is 0.851. The number of aryl methyl sites for hydroxylation is 1. The van der Waals surface area contributed by atoms with Gasteiger partial charge in [-0.25, -0.2) is 0 Å². The lowest BCUT2D eigenvalue weighted by Gasteiger charge is -2.07. The number of anilines is 1. The third kappa shape index (κ3) is 4.39. The van der Waals surface area contributed by atoms with Crippen LogP contribution in [0.15, 0.2) is 42.7 Å². The highest BCUT2D eigenvalue weighted by molar-refractivity contribution is 5.80. The fourth-order valence-electron chi connectivity index (χ4n) is 1.50. The summed E-state index contributed by atoms with van der Waals surface area (Å²) in [4.78, 5) is 19.9. The molecule has 0 atom stereocenters. The number of nitrogens with zero attached hydrogens (tertiary/aromatic N) is 2. The number of rotatable bonds is 5. The molecule has 0 saturated carbocycles. The minimum Gasteiger partial charge on any atom is -0.376 e. The van der Waals surface area contributed by atoms with Gasteiger partial charge in [0.25, 0.3) is 0 Å². The molecular weight excluding hydrogens is 240 g/mol. The summed E-state index contributed by atoms with van der Waals surface area (Å²) in [7, 11) is 0. The fourth-order valence-corrected chi connectivity index (χ4v) is 1.50. The van der Waals surface area contributed by atoms with E-state index in [1.165, 1.54) is 0 Å². The van der Waals surface area contributed by atoms with Crippen LogP contribution in [0.2, 0.25) is 0 Å². The third-order valence-electron chi connectivity index (χ3n) is 2.53. The molecule has 1 amide bonds. The van der Waals surface area contributed by atoms with E-state index in [0.717, 1.165) is 17.1 Å². The number of benzene rings is 1. The summed E-state index contributed by atoms with van der Waals surface area (Å²) in [5, 5.41) is 5.83. The van der Waals surface area contributed by atoms with Crippen LogP contribution in [0.3, 0.4) is 0 Å². The van der Waals surface area contributed by atoms with E-state index in [1.54, 1.807) is 12.4 Å². The van der Waals surface area contributed by atoms with Crippen LogP contribution in [-0.2, 0) is 11.3 Å². The van der Waals surface area contributed by atoms with Crippen molar-refractivity contribution in [2.75, 3.05) is 11.9 Å². The first-order valence-corrected chi connectivity index (χ1v) is 6.07. The highest BCUT2D eigenvalue weighted by atomic mass is 16.1. The lowest BCUT2D eigenvalue weighted by atomic mass is 10.3. The topological polar surface area (TPSA) is 66.9 Å². The molecule has 0 aliphatic rings. The van der Waals surface area contributed by atoms with Gasteiger partial charge in [-0.05, 0) is 19.1 Å². The predicted octanol–water partition coefficient (Wildman–Crippen LogP) is 1.51. The maximum absolute atomic E-state index is 11.6. The number of carbonyl (C=O) groups is 1. The number of para-hydroxylation sites is 1. The van der Waals surface area contributed by atoms with Gasteiger partial charge in [0.1, 0.15) is 0 Å². The van der Waals surface area contributed by atoms with E-state index in [-0.39, 0.29) is 12.5 Å². The molecule has 98 valence electrons. The average molecular weight is 256 g/mol. The van der Waals surface area contributed by atoms with E-state index in [0.29, 0.717) is 6.54 Å². The maximum Gasteiger partial charge on any atom is 0.239 e. The molecule has 1 aromatic carbocycles. The Morgan fingerprint density at radius 3 is 2.63 bits per heavy atom. The summed E-state index contributed by atoms with van der Waals surface area (Å²) in [5.74, 6) is -0.0776. The lowest BCUT2D eigenvalue weighted by Crippen LogP contribution is -2.29. The number of aromatic nitrogens is 2. The summed E-state index contributed by atoms with van der Waals surface area (Å²) in [6.07, 6.45) is 3.35. The van der Waals surface area contributed by atoms with Crippen LogP contribution in [0, 0.1) is 6.92 Å². The molecule has 0 radical (unpaired) electrons. The Kier molecular flexibility index (Phi) is 4.44. The van der Waals surface area contributed by atoms with Crippen LogP contribution in [0.25, 0.3) is 0 Å². The Bertz CT molecular complexity index is 525. The first kappa shape index (κ1) is 13.0. The van der Waals surface area contributed by atoms with Crippen molar-refractivity contribution < 1.29 is 4.79 Å². The number of amides is 1. The molecule has 0 bridgehead atoms. The molecule has 0 unspecified atom stereocenters. The largest absolute Gasteiger partial charge is 0.376 e. The molecule has 5 nitrogen and oxygen atoms in total. The average Bonchev–Trinajstić information content (AvgIpc) is 2.45. The Labute approximate surface area is 112 Å². The summed E-state index contributed by atoms with van der Waals surface area (Å²) in [6, 6.07) is 9.60. The van der Waals surface area contributed by atoms with Gasteiger partial charge in [-0.3, -0.25) is 14.8 Å². The second-order valence-electron chi connectivity index (χ2n) is 4.15. The molecule has 0 fully saturated rings. The number of hydrogen-bond donors (Lipinski definition) is 2. The molecule has 2 N–H and O–H groups in total. The van der Waals surface area contributed by atoms with Crippen molar-refractivity contribution in [1.29, 1.82) is 0 Å². The Balaban J connectivity index is 1.74. The molecular formula is C14H16N4O. The van der Waals surface area contributed by atoms with Crippen molar-refractivity contribution in [3.8, 4) is 0 Å². The molecule has 5 heteroatoms. The van der Waals surface area contributed by atoms with Gasteiger partial charge in [0.15, 0.2) is 0 Å². The van der Waals surface area contributed by atoms with Crippen molar-refractivity contribution in [2.24, 2.45) is 0 Å². The Morgan fingerprint density at radius 2 is 1.95 bits per heavy atom. The van der Waals surface area contributed by atoms with Gasteiger partial charge in [-0.15, -0.1) is 0 Å². The van der Waals surface area contributed by atoms with Crippen molar-refractivity contribution in [3.63, 3.8) is 0 Å². The molecule has 0 aliphatic heterocycles. The second-order valence-corrected chi connectivity index (χ2v) is 4.15. The van der Waals surface area contributed by atoms with Crippen molar-refractivity contribution in [1.82, 2.24) is 15.3 Å². The Hall–Kier alpha value is -2.43. The number of nitrogens with one attached hydrogen (secondary N) is 2. The van der Waals surface area contributed by atoms with Gasteiger partial charge in [0.2, 0.25) is 5.91 Å². The van der Waals surface area contributed by atoms with Gasteiger partial charge in [-0.1, -0.05) is 18.2 Å². The van der Waals surface area contributed by atoms with E-state index >= 15 is 0 Å². The lowest BCUT2D eigenvalue weighted by molar-refractivity contribution is -0.119. The van der Waals surface area contributed by atoms with E-state index in [4.69, 9.17) is 0 Å². The standard InChI is InChI=1S/C14H16N4O/c1-11-7-16-13(8-15-11)9-18-14(19)10-17-12-5-3-2-4-6-12/h2-8,17H,9-10H2,1H3,(H,18,19). The first-order valence-electron chi connectivity index (χ1n) is 6.07. The fraction of sp³-hybridized carbons (Fsp3) is 0.214. The monoisotopic (exact) mass is 256 g/mol. The van der Waals surface area contributed by atoms with Crippen LogP contribution in [0.1, 0.15) is 11.4 Å². The van der Waals surface area contributed by atoms with Gasteiger partial charge < -0.3 is 10.6 Å². The molecule has 0 spiro atoms. The summed E-state index contributed by atoms with van der Waals surface area (Å²) < 4.78 is 0. The van der Waals surface area contributed by atoms with Gasteiger partial charge >= 0.3 is 0 Å². The van der Waals surface area contributed by atoms with Crippen LogP contribution in [0.5, 0.6) is 0 Å². The predicted molar refractivity (Wildman–Crippen MR) is 73.5 cm³/mol. The Morgan fingerprint density at radius 1 is 1.16 bits per heavy atom. The van der Waals surface area contributed by atoms with E-state index < -0.39 is 0 Å². The molecule has 1 heterocycles.